The van der Waals surface area contributed by atoms with Gasteiger partial charge in [0.1, 0.15) is 0 Å². The predicted molar refractivity (Wildman–Crippen MR) is 265 cm³/mol. The fourth-order valence-corrected chi connectivity index (χ4v) is 10.8. The largest absolute Gasteiger partial charge is 0.307 e. The third kappa shape index (κ3) is 5.93. The fourth-order valence-electron chi connectivity index (χ4n) is 10.8. The zero-order chi connectivity index (χ0) is 41.0. The van der Waals surface area contributed by atoms with Crippen LogP contribution in [0.1, 0.15) is 43.6 Å². The Morgan fingerprint density at radius 2 is 0.919 bits per heavy atom. The monoisotopic (exact) mass is 794 g/mol. The second-order valence-corrected chi connectivity index (χ2v) is 17.0. The number of nitrogens with zero attached hydrogens (tertiary/aromatic N) is 2. The lowest BCUT2D eigenvalue weighted by atomic mass is 9.80. The Morgan fingerprint density at radius 1 is 0.355 bits per heavy atom. The smallest absolute Gasteiger partial charge is 0.0782 e. The summed E-state index contributed by atoms with van der Waals surface area (Å²) in [5, 5.41) is 10.2. The second-order valence-electron chi connectivity index (χ2n) is 17.0. The van der Waals surface area contributed by atoms with Crippen molar-refractivity contribution in [2.24, 2.45) is 0 Å². The molecule has 0 radical (unpaired) electrons. The van der Waals surface area contributed by atoms with Gasteiger partial charge in [-0.15, -0.1) is 0 Å². The third-order valence-electron chi connectivity index (χ3n) is 13.6. The van der Waals surface area contributed by atoms with Gasteiger partial charge in [0, 0.05) is 27.6 Å². The first-order chi connectivity index (χ1) is 30.8. The van der Waals surface area contributed by atoms with E-state index in [1.165, 1.54) is 114 Å². The summed E-state index contributed by atoms with van der Waals surface area (Å²) >= 11 is 0. The topological polar surface area (TPSA) is 8.17 Å². The molecule has 10 aromatic carbocycles. The Bertz CT molecular complexity index is 3450. The molecule has 11 aromatic rings. The molecule has 0 aliphatic heterocycles. The van der Waals surface area contributed by atoms with E-state index in [2.05, 4.69) is 222 Å². The lowest BCUT2D eigenvalue weighted by Gasteiger charge is -2.31. The molecule has 1 aliphatic carbocycles. The highest BCUT2D eigenvalue weighted by molar-refractivity contribution is 6.17. The van der Waals surface area contributed by atoms with Gasteiger partial charge in [0.25, 0.3) is 0 Å². The van der Waals surface area contributed by atoms with Crippen LogP contribution in [0.15, 0.2) is 212 Å². The van der Waals surface area contributed by atoms with Crippen molar-refractivity contribution in [2.75, 3.05) is 4.90 Å². The number of fused-ring (bicyclic) bond motifs is 7. The SMILES string of the molecule is c1ccc(-n2c3ccccc3c3cccc(N(c4ccccc4-c4cccc5c4ccc4ccccc45)c4ccccc4-c4cccc5cccc(C6CCCCC6)c45)c32)cc1. The first kappa shape index (κ1) is 36.4. The van der Waals surface area contributed by atoms with Crippen molar-refractivity contribution in [2.45, 2.75) is 38.0 Å². The number of benzene rings is 10. The van der Waals surface area contributed by atoms with Gasteiger partial charge in [0.2, 0.25) is 0 Å². The molecule has 62 heavy (non-hydrogen) atoms. The summed E-state index contributed by atoms with van der Waals surface area (Å²) in [5.74, 6) is 0.565. The summed E-state index contributed by atoms with van der Waals surface area (Å²) in [6.45, 7) is 0. The number of hydrogen-bond donors (Lipinski definition) is 0. The van der Waals surface area contributed by atoms with Crippen LogP contribution < -0.4 is 4.90 Å². The molecule has 296 valence electrons. The van der Waals surface area contributed by atoms with Crippen LogP contribution in [0.25, 0.3) is 82.1 Å². The van der Waals surface area contributed by atoms with Gasteiger partial charge < -0.3 is 9.47 Å². The van der Waals surface area contributed by atoms with Crippen LogP contribution in [-0.4, -0.2) is 4.57 Å². The van der Waals surface area contributed by atoms with E-state index < -0.39 is 0 Å². The number of para-hydroxylation sites is 5. The van der Waals surface area contributed by atoms with Crippen LogP contribution in [0.5, 0.6) is 0 Å². The minimum atomic E-state index is 0.565. The quantitative estimate of drug-likeness (QED) is 0.146. The maximum Gasteiger partial charge on any atom is 0.0782 e. The average molecular weight is 795 g/mol. The molecular weight excluding hydrogens is 749 g/mol. The Labute approximate surface area is 362 Å². The predicted octanol–water partition coefficient (Wildman–Crippen LogP) is 17.1. The summed E-state index contributed by atoms with van der Waals surface area (Å²) in [7, 11) is 0. The first-order valence-electron chi connectivity index (χ1n) is 22.3. The lowest BCUT2D eigenvalue weighted by molar-refractivity contribution is 0.445. The van der Waals surface area contributed by atoms with E-state index in [9.17, 15) is 0 Å². The molecule has 0 saturated heterocycles. The van der Waals surface area contributed by atoms with Crippen molar-refractivity contribution < 1.29 is 0 Å². The Balaban J connectivity index is 1.19. The molecule has 1 heterocycles. The van der Waals surface area contributed by atoms with Gasteiger partial charge in [-0.05, 0) is 104 Å². The van der Waals surface area contributed by atoms with Crippen molar-refractivity contribution in [1.82, 2.24) is 4.57 Å². The molecule has 1 saturated carbocycles. The molecule has 0 amide bonds. The van der Waals surface area contributed by atoms with Crippen LogP contribution in [0.3, 0.4) is 0 Å². The van der Waals surface area contributed by atoms with Gasteiger partial charge >= 0.3 is 0 Å². The van der Waals surface area contributed by atoms with Crippen molar-refractivity contribution >= 4 is 71.2 Å². The zero-order valence-corrected chi connectivity index (χ0v) is 34.7. The molecule has 1 aliphatic rings. The number of rotatable bonds is 7. The summed E-state index contributed by atoms with van der Waals surface area (Å²) in [6.07, 6.45) is 6.44. The minimum Gasteiger partial charge on any atom is -0.307 e. The molecular formula is C60H46N2. The molecule has 12 rings (SSSR count). The molecule has 2 heteroatoms. The lowest BCUT2D eigenvalue weighted by Crippen LogP contribution is -2.14. The van der Waals surface area contributed by atoms with Gasteiger partial charge in [-0.3, -0.25) is 0 Å². The summed E-state index contributed by atoms with van der Waals surface area (Å²) in [6, 6.07) is 78.9. The average Bonchev–Trinajstić information content (AvgIpc) is 3.69. The Hall–Kier alpha value is -7.42. The summed E-state index contributed by atoms with van der Waals surface area (Å²) in [4.78, 5) is 2.58. The molecule has 0 spiro atoms. The highest BCUT2D eigenvalue weighted by Crippen LogP contribution is 2.51. The number of hydrogen-bond acceptors (Lipinski definition) is 1. The maximum absolute atomic E-state index is 2.58. The van der Waals surface area contributed by atoms with Crippen molar-refractivity contribution in [3.05, 3.63) is 218 Å². The van der Waals surface area contributed by atoms with E-state index >= 15 is 0 Å². The van der Waals surface area contributed by atoms with Crippen LogP contribution in [0.2, 0.25) is 0 Å². The van der Waals surface area contributed by atoms with E-state index in [1.807, 2.05) is 0 Å². The van der Waals surface area contributed by atoms with E-state index in [-0.39, 0.29) is 0 Å². The highest BCUT2D eigenvalue weighted by atomic mass is 15.2. The Kier molecular flexibility index (Phi) is 8.96. The second kappa shape index (κ2) is 15.2. The van der Waals surface area contributed by atoms with E-state index in [4.69, 9.17) is 0 Å². The van der Waals surface area contributed by atoms with Crippen molar-refractivity contribution in [3.8, 4) is 27.9 Å². The molecule has 0 bridgehead atoms. The molecule has 0 atom stereocenters. The number of aromatic nitrogens is 1. The summed E-state index contributed by atoms with van der Waals surface area (Å²) < 4.78 is 2.47. The van der Waals surface area contributed by atoms with E-state index in [0.29, 0.717) is 5.92 Å². The van der Waals surface area contributed by atoms with Crippen LogP contribution >= 0.6 is 0 Å². The maximum atomic E-state index is 2.58. The highest BCUT2D eigenvalue weighted by Gasteiger charge is 2.27. The zero-order valence-electron chi connectivity index (χ0n) is 34.7. The molecule has 0 unspecified atom stereocenters. The normalized spacial score (nSPS) is 13.4. The van der Waals surface area contributed by atoms with Crippen molar-refractivity contribution in [3.63, 3.8) is 0 Å². The van der Waals surface area contributed by atoms with Crippen LogP contribution in [0.4, 0.5) is 17.1 Å². The summed E-state index contributed by atoms with van der Waals surface area (Å²) in [5.41, 5.74) is 13.3. The van der Waals surface area contributed by atoms with Crippen LogP contribution in [0, 0.1) is 0 Å². The van der Waals surface area contributed by atoms with Gasteiger partial charge in [-0.1, -0.05) is 195 Å². The van der Waals surface area contributed by atoms with Gasteiger partial charge in [0.05, 0.1) is 28.1 Å². The van der Waals surface area contributed by atoms with Gasteiger partial charge in [-0.25, -0.2) is 0 Å². The standard InChI is InChI=1S/C60H46N2/c1-3-19-41(20-4-1)46-30-15-22-43-23-16-33-53(59(43)46)51-28-10-14-37-57(51)62(58-38-18-34-54-52-29-11-12-35-55(52)61(60(54)58)44-24-5-2-6-25-44)56-36-13-9-27-50(56)48-32-17-31-47-45-26-8-7-21-42(45)39-40-49(47)48/h2,5-18,21-41H,1,3-4,19-20H2. The van der Waals surface area contributed by atoms with Gasteiger partial charge in [0.15, 0.2) is 0 Å². The minimum absolute atomic E-state index is 0.565. The van der Waals surface area contributed by atoms with E-state index in [1.54, 1.807) is 0 Å². The number of anilines is 3. The Morgan fingerprint density at radius 3 is 1.74 bits per heavy atom. The van der Waals surface area contributed by atoms with Crippen molar-refractivity contribution in [1.29, 1.82) is 0 Å². The molecule has 0 N–H and O–H groups in total. The molecule has 1 fully saturated rings. The molecule has 2 nitrogen and oxygen atoms in total. The first-order valence-corrected chi connectivity index (χ1v) is 22.3. The van der Waals surface area contributed by atoms with Crippen LogP contribution in [-0.2, 0) is 0 Å². The van der Waals surface area contributed by atoms with Gasteiger partial charge in [-0.2, -0.15) is 0 Å². The third-order valence-corrected chi connectivity index (χ3v) is 13.6. The molecule has 1 aromatic heterocycles. The fraction of sp³-hybridized carbons (Fsp3) is 0.100. The van der Waals surface area contributed by atoms with E-state index in [0.717, 1.165) is 22.7 Å².